The van der Waals surface area contributed by atoms with Gasteiger partial charge in [0.15, 0.2) is 5.54 Å². The Labute approximate surface area is 184 Å². The number of nitrogens with zero attached hydrogens (tertiary/aromatic N) is 1. The highest BCUT2D eigenvalue weighted by Crippen LogP contribution is 2.35. The number of urea groups is 1. The minimum absolute atomic E-state index is 0.379. The molecule has 1 aliphatic rings. The summed E-state index contributed by atoms with van der Waals surface area (Å²) in [6.45, 7) is -0.379. The van der Waals surface area contributed by atoms with Crippen LogP contribution >= 0.6 is 11.8 Å². The van der Waals surface area contributed by atoms with Crippen molar-refractivity contribution in [3.05, 3.63) is 96.1 Å². The van der Waals surface area contributed by atoms with Gasteiger partial charge in [0.05, 0.1) is 0 Å². The van der Waals surface area contributed by atoms with Crippen LogP contribution < -0.4 is 10.6 Å². The van der Waals surface area contributed by atoms with Gasteiger partial charge in [0.1, 0.15) is 6.54 Å². The highest BCUT2D eigenvalue weighted by atomic mass is 32.2. The highest BCUT2D eigenvalue weighted by molar-refractivity contribution is 7.98. The number of amides is 4. The van der Waals surface area contributed by atoms with Crippen molar-refractivity contribution in [3.8, 4) is 0 Å². The average molecular weight is 432 g/mol. The van der Waals surface area contributed by atoms with Crippen molar-refractivity contribution in [1.82, 2.24) is 10.2 Å². The molecule has 1 saturated heterocycles. The first kappa shape index (κ1) is 20.7. The third kappa shape index (κ3) is 3.92. The van der Waals surface area contributed by atoms with Crippen LogP contribution in [0.5, 0.6) is 0 Å². The van der Waals surface area contributed by atoms with Crippen LogP contribution in [0.2, 0.25) is 0 Å². The fraction of sp³-hybridized carbons (Fsp3) is 0.125. The topological polar surface area (TPSA) is 78.5 Å². The monoisotopic (exact) mass is 431 g/mol. The first-order valence-corrected chi connectivity index (χ1v) is 11.0. The molecule has 6 nitrogen and oxygen atoms in total. The van der Waals surface area contributed by atoms with E-state index in [1.807, 2.05) is 54.8 Å². The Morgan fingerprint density at radius 1 is 0.903 bits per heavy atom. The van der Waals surface area contributed by atoms with Gasteiger partial charge in [0.2, 0.25) is 5.91 Å². The minimum atomic E-state index is -1.38. The molecule has 1 heterocycles. The van der Waals surface area contributed by atoms with E-state index in [-0.39, 0.29) is 6.54 Å². The second kappa shape index (κ2) is 8.65. The van der Waals surface area contributed by atoms with Crippen LogP contribution in [-0.2, 0) is 15.1 Å². The number of hydrogen-bond donors (Lipinski definition) is 2. The van der Waals surface area contributed by atoms with Crippen molar-refractivity contribution < 1.29 is 14.4 Å². The van der Waals surface area contributed by atoms with Gasteiger partial charge >= 0.3 is 6.03 Å². The van der Waals surface area contributed by atoms with Crippen LogP contribution in [-0.4, -0.2) is 35.5 Å². The molecule has 4 rings (SSSR count). The predicted molar refractivity (Wildman–Crippen MR) is 121 cm³/mol. The van der Waals surface area contributed by atoms with Crippen molar-refractivity contribution in [1.29, 1.82) is 0 Å². The lowest BCUT2D eigenvalue weighted by Crippen LogP contribution is -2.45. The van der Waals surface area contributed by atoms with Crippen LogP contribution in [0.3, 0.4) is 0 Å². The number of anilines is 1. The van der Waals surface area contributed by atoms with E-state index in [2.05, 4.69) is 10.6 Å². The van der Waals surface area contributed by atoms with Gasteiger partial charge in [-0.05, 0) is 41.6 Å². The lowest BCUT2D eigenvalue weighted by atomic mass is 9.82. The zero-order valence-corrected chi connectivity index (χ0v) is 17.7. The van der Waals surface area contributed by atoms with E-state index in [9.17, 15) is 14.4 Å². The highest BCUT2D eigenvalue weighted by Gasteiger charge is 2.54. The van der Waals surface area contributed by atoms with Gasteiger partial charge in [0, 0.05) is 10.6 Å². The number of benzene rings is 3. The third-order valence-electron chi connectivity index (χ3n) is 5.19. The summed E-state index contributed by atoms with van der Waals surface area (Å²) in [7, 11) is 0. The normalized spacial score (nSPS) is 14.9. The van der Waals surface area contributed by atoms with Gasteiger partial charge in [-0.1, -0.05) is 60.7 Å². The lowest BCUT2D eigenvalue weighted by molar-refractivity contribution is -0.133. The van der Waals surface area contributed by atoms with Crippen molar-refractivity contribution >= 4 is 35.3 Å². The summed E-state index contributed by atoms with van der Waals surface area (Å²) in [5.41, 5.74) is 0.498. The molecule has 3 aromatic rings. The molecular formula is C24H21N3O3S. The summed E-state index contributed by atoms with van der Waals surface area (Å²) < 4.78 is 0. The standard InChI is InChI=1S/C24H21N3O3S/c1-31-20-14-12-19(13-15-20)25-21(28)16-27-22(29)24(26-23(27)30,17-8-4-2-5-9-17)18-10-6-3-7-11-18/h2-15H,16H2,1H3,(H,25,28)(H,26,30). The van der Waals surface area contributed by atoms with Gasteiger partial charge in [-0.2, -0.15) is 0 Å². The maximum absolute atomic E-state index is 13.6. The molecule has 156 valence electrons. The molecule has 1 fully saturated rings. The molecule has 0 radical (unpaired) electrons. The van der Waals surface area contributed by atoms with E-state index in [1.54, 1.807) is 48.2 Å². The molecule has 0 bridgehead atoms. The van der Waals surface area contributed by atoms with Crippen molar-refractivity contribution in [2.24, 2.45) is 0 Å². The Bertz CT molecular complexity index is 1060. The molecule has 0 aliphatic carbocycles. The summed E-state index contributed by atoms with van der Waals surface area (Å²) in [4.78, 5) is 41.0. The molecule has 0 unspecified atom stereocenters. The average Bonchev–Trinajstić information content (AvgIpc) is 3.06. The number of rotatable bonds is 6. The molecule has 7 heteroatoms. The van der Waals surface area contributed by atoms with Crippen LogP contribution in [0.15, 0.2) is 89.8 Å². The van der Waals surface area contributed by atoms with E-state index in [4.69, 9.17) is 0 Å². The van der Waals surface area contributed by atoms with Crippen LogP contribution in [0.4, 0.5) is 10.5 Å². The van der Waals surface area contributed by atoms with Crippen molar-refractivity contribution in [3.63, 3.8) is 0 Å². The van der Waals surface area contributed by atoms with Crippen LogP contribution in [0, 0.1) is 0 Å². The van der Waals surface area contributed by atoms with Crippen LogP contribution in [0.1, 0.15) is 11.1 Å². The summed E-state index contributed by atoms with van der Waals surface area (Å²) in [5, 5.41) is 5.58. The Balaban J connectivity index is 1.61. The molecule has 0 spiro atoms. The van der Waals surface area contributed by atoms with E-state index in [1.165, 1.54) is 0 Å². The predicted octanol–water partition coefficient (Wildman–Crippen LogP) is 3.84. The first-order chi connectivity index (χ1) is 15.0. The maximum Gasteiger partial charge on any atom is 0.326 e. The maximum atomic E-state index is 13.6. The van der Waals surface area contributed by atoms with Gasteiger partial charge < -0.3 is 10.6 Å². The van der Waals surface area contributed by atoms with E-state index >= 15 is 0 Å². The Hall–Kier alpha value is -3.58. The third-order valence-corrected chi connectivity index (χ3v) is 5.94. The molecule has 1 aliphatic heterocycles. The quantitative estimate of drug-likeness (QED) is 0.459. The molecule has 0 aromatic heterocycles. The summed E-state index contributed by atoms with van der Waals surface area (Å²) in [5.74, 6) is -0.930. The second-order valence-electron chi connectivity index (χ2n) is 7.08. The molecule has 4 amide bonds. The van der Waals surface area contributed by atoms with Gasteiger partial charge in [-0.15, -0.1) is 11.8 Å². The number of carbonyl (C=O) groups is 3. The number of imide groups is 1. The van der Waals surface area contributed by atoms with E-state index in [0.717, 1.165) is 9.80 Å². The fourth-order valence-electron chi connectivity index (χ4n) is 3.67. The Morgan fingerprint density at radius 2 is 1.45 bits per heavy atom. The van der Waals surface area contributed by atoms with Gasteiger partial charge in [0.25, 0.3) is 5.91 Å². The minimum Gasteiger partial charge on any atom is -0.325 e. The molecule has 2 N–H and O–H groups in total. The number of nitrogens with one attached hydrogen (secondary N) is 2. The Morgan fingerprint density at radius 3 is 1.97 bits per heavy atom. The zero-order valence-electron chi connectivity index (χ0n) is 16.9. The van der Waals surface area contributed by atoms with Gasteiger partial charge in [-0.25, -0.2) is 4.79 Å². The first-order valence-electron chi connectivity index (χ1n) is 9.73. The smallest absolute Gasteiger partial charge is 0.325 e. The molecule has 0 saturated carbocycles. The second-order valence-corrected chi connectivity index (χ2v) is 7.96. The largest absolute Gasteiger partial charge is 0.326 e. The summed E-state index contributed by atoms with van der Waals surface area (Å²) in [6.07, 6.45) is 1.97. The SMILES string of the molecule is CSc1ccc(NC(=O)CN2C(=O)NC(c3ccccc3)(c3ccccc3)C2=O)cc1. The molecule has 3 aromatic carbocycles. The fourth-order valence-corrected chi connectivity index (χ4v) is 4.08. The zero-order chi connectivity index (χ0) is 21.8. The number of hydrogen-bond acceptors (Lipinski definition) is 4. The molecule has 0 atom stereocenters. The van der Waals surface area contributed by atoms with Crippen molar-refractivity contribution in [2.75, 3.05) is 18.1 Å². The van der Waals surface area contributed by atoms with Gasteiger partial charge in [-0.3, -0.25) is 14.5 Å². The Kier molecular flexibility index (Phi) is 5.77. The van der Waals surface area contributed by atoms with E-state index in [0.29, 0.717) is 16.8 Å². The number of thioether (sulfide) groups is 1. The lowest BCUT2D eigenvalue weighted by Gasteiger charge is -2.28. The molecular weight excluding hydrogens is 410 g/mol. The van der Waals surface area contributed by atoms with Crippen molar-refractivity contribution in [2.45, 2.75) is 10.4 Å². The summed E-state index contributed by atoms with van der Waals surface area (Å²) >= 11 is 1.60. The van der Waals surface area contributed by atoms with E-state index < -0.39 is 23.4 Å². The number of carbonyl (C=O) groups excluding carboxylic acids is 3. The van der Waals surface area contributed by atoms with Crippen LogP contribution in [0.25, 0.3) is 0 Å². The molecule has 31 heavy (non-hydrogen) atoms. The summed E-state index contributed by atoms with van der Waals surface area (Å²) in [6, 6.07) is 24.9.